The van der Waals surface area contributed by atoms with Crippen LogP contribution in [0, 0.1) is 34.0 Å². The number of allylic oxidation sites excluding steroid dienone is 2. The molecule has 72 valence electrons. The normalized spacial score (nSPS) is 7.86. The number of nitrogens with one attached hydrogen (secondary N) is 1. The molecule has 1 N–H and O–H groups in total. The lowest BCUT2D eigenvalue weighted by atomic mass is 10.2. The lowest BCUT2D eigenvalue weighted by Gasteiger charge is -2.02. The number of hydrogen-bond acceptors (Lipinski definition) is 4. The minimum absolute atomic E-state index is 0.0751. The molecule has 0 heterocycles. The fourth-order valence-corrected chi connectivity index (χ4v) is 0.909. The van der Waals surface area contributed by atoms with E-state index in [1.165, 1.54) is 0 Å². The van der Waals surface area contributed by atoms with Crippen LogP contribution in [0.4, 0.5) is 0 Å². The Labute approximate surface area is 84.1 Å². The number of rotatable bonds is 5. The predicted molar refractivity (Wildman–Crippen MR) is 51.4 cm³/mol. The van der Waals surface area contributed by atoms with Crippen molar-refractivity contribution in [3.05, 3.63) is 11.3 Å². The summed E-state index contributed by atoms with van der Waals surface area (Å²) in [5, 5.41) is 28.4. The Morgan fingerprint density at radius 2 is 1.71 bits per heavy atom. The van der Waals surface area contributed by atoms with Crippen molar-refractivity contribution in [3.63, 3.8) is 0 Å². The predicted octanol–water partition coefficient (Wildman–Crippen LogP) is 1.59. The molecule has 0 aliphatic carbocycles. The Hall–Kier alpha value is -1.99. The summed E-state index contributed by atoms with van der Waals surface area (Å²) in [4.78, 5) is 0. The van der Waals surface area contributed by atoms with Gasteiger partial charge in [0, 0.05) is 6.54 Å². The van der Waals surface area contributed by atoms with Crippen molar-refractivity contribution in [3.8, 4) is 18.2 Å². The Morgan fingerprint density at radius 3 is 2.14 bits per heavy atom. The fourth-order valence-electron chi connectivity index (χ4n) is 0.909. The van der Waals surface area contributed by atoms with Crippen LogP contribution >= 0.6 is 0 Å². The van der Waals surface area contributed by atoms with Gasteiger partial charge in [-0.15, -0.1) is 0 Å². The van der Waals surface area contributed by atoms with Gasteiger partial charge in [-0.05, 0) is 6.42 Å². The Morgan fingerprint density at radius 1 is 1.07 bits per heavy atom. The molecule has 0 saturated carbocycles. The van der Waals surface area contributed by atoms with Crippen LogP contribution < -0.4 is 5.32 Å². The second-order valence-corrected chi connectivity index (χ2v) is 2.72. The van der Waals surface area contributed by atoms with Gasteiger partial charge >= 0.3 is 0 Å². The number of nitriles is 3. The average molecular weight is 188 g/mol. The molecule has 0 unspecified atom stereocenters. The van der Waals surface area contributed by atoms with Gasteiger partial charge in [0.15, 0.2) is 5.57 Å². The molecule has 0 aromatic heterocycles. The lowest BCUT2D eigenvalue weighted by molar-refractivity contribution is 0.673. The van der Waals surface area contributed by atoms with Crippen LogP contribution in [0.5, 0.6) is 0 Å². The quantitative estimate of drug-likeness (QED) is 0.524. The van der Waals surface area contributed by atoms with Gasteiger partial charge in [-0.2, -0.15) is 15.8 Å². The third-order valence-corrected chi connectivity index (χ3v) is 1.67. The molecule has 0 rings (SSSR count). The molecular weight excluding hydrogens is 176 g/mol. The van der Waals surface area contributed by atoms with Crippen LogP contribution in [0.1, 0.15) is 26.2 Å². The maximum absolute atomic E-state index is 8.64. The first-order valence-corrected chi connectivity index (χ1v) is 4.48. The monoisotopic (exact) mass is 188 g/mol. The van der Waals surface area contributed by atoms with E-state index in [4.69, 9.17) is 15.8 Å². The summed E-state index contributed by atoms with van der Waals surface area (Å²) in [6.45, 7) is 2.71. The highest BCUT2D eigenvalue weighted by Crippen LogP contribution is 1.99. The molecule has 0 atom stereocenters. The zero-order valence-electron chi connectivity index (χ0n) is 8.17. The zero-order chi connectivity index (χ0) is 10.8. The highest BCUT2D eigenvalue weighted by molar-refractivity contribution is 5.44. The smallest absolute Gasteiger partial charge is 0.163 e. The molecule has 0 aromatic carbocycles. The van der Waals surface area contributed by atoms with E-state index in [0.29, 0.717) is 6.54 Å². The second kappa shape index (κ2) is 7.65. The fraction of sp³-hybridized carbons (Fsp3) is 0.500. The van der Waals surface area contributed by atoms with E-state index in [1.54, 1.807) is 18.2 Å². The molecule has 0 bridgehead atoms. The first-order valence-electron chi connectivity index (χ1n) is 4.48. The van der Waals surface area contributed by atoms with Crippen molar-refractivity contribution in [1.29, 1.82) is 15.8 Å². The number of unbranched alkanes of at least 4 members (excludes halogenated alkanes) is 2. The van der Waals surface area contributed by atoms with Crippen LogP contribution in [-0.4, -0.2) is 6.54 Å². The van der Waals surface area contributed by atoms with Gasteiger partial charge in [0.05, 0.1) is 0 Å². The topological polar surface area (TPSA) is 83.4 Å². The maximum Gasteiger partial charge on any atom is 0.163 e. The Kier molecular flexibility index (Phi) is 6.56. The molecule has 0 aliphatic rings. The van der Waals surface area contributed by atoms with Gasteiger partial charge in [-0.3, -0.25) is 0 Å². The Bertz CT molecular complexity index is 306. The molecule has 4 nitrogen and oxygen atoms in total. The minimum atomic E-state index is -0.149. The molecule has 4 heteroatoms. The van der Waals surface area contributed by atoms with Gasteiger partial charge in [-0.1, -0.05) is 19.8 Å². The van der Waals surface area contributed by atoms with Crippen molar-refractivity contribution in [2.75, 3.05) is 6.54 Å². The SMILES string of the molecule is CCCCCNC(C#N)=C(C#N)C#N. The van der Waals surface area contributed by atoms with Crippen molar-refractivity contribution < 1.29 is 0 Å². The van der Waals surface area contributed by atoms with Crippen molar-refractivity contribution >= 4 is 0 Å². The second-order valence-electron chi connectivity index (χ2n) is 2.72. The molecule has 0 fully saturated rings. The molecule has 0 radical (unpaired) electrons. The maximum atomic E-state index is 8.64. The summed E-state index contributed by atoms with van der Waals surface area (Å²) in [6.07, 6.45) is 3.10. The molecule has 0 aliphatic heterocycles. The van der Waals surface area contributed by atoms with E-state index in [-0.39, 0.29) is 11.3 Å². The van der Waals surface area contributed by atoms with Crippen molar-refractivity contribution in [1.82, 2.24) is 5.32 Å². The van der Waals surface area contributed by atoms with Crippen LogP contribution in [0.3, 0.4) is 0 Å². The van der Waals surface area contributed by atoms with E-state index in [9.17, 15) is 0 Å². The summed E-state index contributed by atoms with van der Waals surface area (Å²) in [5.41, 5.74) is -0.0740. The van der Waals surface area contributed by atoms with Gasteiger partial charge in [0.25, 0.3) is 0 Å². The van der Waals surface area contributed by atoms with Gasteiger partial charge in [-0.25, -0.2) is 0 Å². The molecule has 0 aromatic rings. The van der Waals surface area contributed by atoms with Crippen LogP contribution in [0.25, 0.3) is 0 Å². The first kappa shape index (κ1) is 12.0. The van der Waals surface area contributed by atoms with Gasteiger partial charge in [0.1, 0.15) is 23.9 Å². The van der Waals surface area contributed by atoms with Gasteiger partial charge in [0.2, 0.25) is 0 Å². The van der Waals surface area contributed by atoms with Crippen LogP contribution in [0.2, 0.25) is 0 Å². The van der Waals surface area contributed by atoms with E-state index in [1.807, 2.05) is 0 Å². The van der Waals surface area contributed by atoms with E-state index >= 15 is 0 Å². The number of hydrogen-bond donors (Lipinski definition) is 1. The van der Waals surface area contributed by atoms with Gasteiger partial charge < -0.3 is 5.32 Å². The standard InChI is InChI=1S/C10H12N4/c1-2-3-4-5-14-10(8-13)9(6-11)7-12/h14H,2-5H2,1H3. The van der Waals surface area contributed by atoms with E-state index in [0.717, 1.165) is 19.3 Å². The molecule has 0 spiro atoms. The zero-order valence-corrected chi connectivity index (χ0v) is 8.17. The van der Waals surface area contributed by atoms with Crippen molar-refractivity contribution in [2.45, 2.75) is 26.2 Å². The van der Waals surface area contributed by atoms with E-state index < -0.39 is 0 Å². The number of nitrogens with zero attached hydrogens (tertiary/aromatic N) is 3. The van der Waals surface area contributed by atoms with Crippen molar-refractivity contribution in [2.24, 2.45) is 0 Å². The third kappa shape index (κ3) is 4.14. The average Bonchev–Trinajstić information content (AvgIpc) is 2.23. The molecule has 14 heavy (non-hydrogen) atoms. The summed E-state index contributed by atoms with van der Waals surface area (Å²) in [5.74, 6) is 0. The summed E-state index contributed by atoms with van der Waals surface area (Å²) in [7, 11) is 0. The highest BCUT2D eigenvalue weighted by atomic mass is 14.9. The minimum Gasteiger partial charge on any atom is -0.375 e. The summed E-state index contributed by atoms with van der Waals surface area (Å²) in [6, 6.07) is 5.16. The molecule has 0 amide bonds. The third-order valence-electron chi connectivity index (χ3n) is 1.67. The largest absolute Gasteiger partial charge is 0.375 e. The molecule has 0 saturated heterocycles. The lowest BCUT2D eigenvalue weighted by Crippen LogP contribution is -2.15. The molecular formula is C10H12N4. The highest BCUT2D eigenvalue weighted by Gasteiger charge is 2.03. The van der Waals surface area contributed by atoms with Crippen LogP contribution in [-0.2, 0) is 0 Å². The first-order chi connectivity index (χ1) is 6.79. The Balaban J connectivity index is 4.21. The summed E-state index contributed by atoms with van der Waals surface area (Å²) < 4.78 is 0. The van der Waals surface area contributed by atoms with E-state index in [2.05, 4.69) is 12.2 Å². The summed E-state index contributed by atoms with van der Waals surface area (Å²) >= 11 is 0. The van der Waals surface area contributed by atoms with Crippen LogP contribution in [0.15, 0.2) is 11.3 Å².